The molecule has 1 aliphatic rings. The minimum Gasteiger partial charge on any atom is -0.341 e. The first-order valence-electron chi connectivity index (χ1n) is 9.32. The Kier molecular flexibility index (Phi) is 3.92. The number of hydrogen-bond donors (Lipinski definition) is 1. The van der Waals surface area contributed by atoms with Crippen molar-refractivity contribution >= 4 is 17.0 Å². The summed E-state index contributed by atoms with van der Waals surface area (Å²) < 4.78 is 3.59. The number of hydrogen-bond acceptors (Lipinski definition) is 6. The third-order valence-electron chi connectivity index (χ3n) is 5.32. The van der Waals surface area contributed by atoms with Crippen LogP contribution in [0.4, 0.5) is 5.95 Å². The van der Waals surface area contributed by atoms with Crippen molar-refractivity contribution in [3.63, 3.8) is 0 Å². The lowest BCUT2D eigenvalue weighted by molar-refractivity contribution is 0.394. The highest BCUT2D eigenvalue weighted by molar-refractivity contribution is 5.75. The molecular weight excluding hydrogens is 356 g/mol. The zero-order valence-electron chi connectivity index (χ0n) is 15.5. The Balaban J connectivity index is 1.37. The van der Waals surface area contributed by atoms with Crippen molar-refractivity contribution in [1.82, 2.24) is 34.3 Å². The van der Waals surface area contributed by atoms with Crippen LogP contribution >= 0.6 is 0 Å². The van der Waals surface area contributed by atoms with Crippen molar-refractivity contribution in [2.24, 2.45) is 7.05 Å². The van der Waals surface area contributed by atoms with Gasteiger partial charge in [0.05, 0.1) is 11.0 Å². The summed E-state index contributed by atoms with van der Waals surface area (Å²) in [6.07, 6.45) is 4.99. The van der Waals surface area contributed by atoms with Gasteiger partial charge in [-0.2, -0.15) is 5.10 Å². The Bertz CT molecular complexity index is 1180. The summed E-state index contributed by atoms with van der Waals surface area (Å²) in [6, 6.07) is 9.84. The number of anilines is 1. The molecule has 0 bridgehead atoms. The van der Waals surface area contributed by atoms with Gasteiger partial charge in [-0.15, -0.1) is 0 Å². The molecule has 1 aromatic carbocycles. The summed E-state index contributed by atoms with van der Waals surface area (Å²) in [4.78, 5) is 30.9. The first-order valence-corrected chi connectivity index (χ1v) is 9.32. The number of nitrogens with zero attached hydrogens (tertiary/aromatic N) is 7. The summed E-state index contributed by atoms with van der Waals surface area (Å²) in [7, 11) is 1.84. The minimum absolute atomic E-state index is 0.0415. The molecule has 1 fully saturated rings. The summed E-state index contributed by atoms with van der Waals surface area (Å²) in [5.41, 5.74) is 2.56. The minimum atomic E-state index is -0.0415. The molecule has 4 aromatic rings. The fraction of sp³-hybridized carbons (Fsp3) is 0.316. The van der Waals surface area contributed by atoms with E-state index in [-0.39, 0.29) is 11.7 Å². The highest BCUT2D eigenvalue weighted by Gasteiger charge is 2.25. The van der Waals surface area contributed by atoms with E-state index in [0.29, 0.717) is 11.8 Å². The van der Waals surface area contributed by atoms with E-state index >= 15 is 0 Å². The predicted molar refractivity (Wildman–Crippen MR) is 105 cm³/mol. The second-order valence-electron chi connectivity index (χ2n) is 6.98. The fourth-order valence-electron chi connectivity index (χ4n) is 3.91. The molecule has 4 heterocycles. The van der Waals surface area contributed by atoms with Gasteiger partial charge < -0.3 is 9.88 Å². The van der Waals surface area contributed by atoms with Crippen LogP contribution < -0.4 is 10.6 Å². The number of piperidine rings is 1. The summed E-state index contributed by atoms with van der Waals surface area (Å²) in [5.74, 6) is 1.40. The third-order valence-corrected chi connectivity index (χ3v) is 5.32. The summed E-state index contributed by atoms with van der Waals surface area (Å²) >= 11 is 0. The van der Waals surface area contributed by atoms with Crippen LogP contribution in [0.15, 0.2) is 47.7 Å². The Morgan fingerprint density at radius 2 is 1.93 bits per heavy atom. The van der Waals surface area contributed by atoms with E-state index in [1.54, 1.807) is 10.9 Å². The lowest BCUT2D eigenvalue weighted by Crippen LogP contribution is -2.37. The largest absolute Gasteiger partial charge is 0.341 e. The summed E-state index contributed by atoms with van der Waals surface area (Å²) in [6.45, 7) is 1.58. The van der Waals surface area contributed by atoms with Crippen molar-refractivity contribution in [3.8, 4) is 11.5 Å². The average Bonchev–Trinajstić information content (AvgIpc) is 3.30. The zero-order chi connectivity index (χ0) is 19.1. The Morgan fingerprint density at radius 1 is 1.11 bits per heavy atom. The normalized spacial score (nSPS) is 15.4. The molecule has 142 valence electrons. The smallest absolute Gasteiger partial charge is 0.326 e. The number of aromatic nitrogens is 7. The Labute approximate surface area is 160 Å². The van der Waals surface area contributed by atoms with Crippen LogP contribution in [-0.4, -0.2) is 47.4 Å². The second kappa shape index (κ2) is 6.59. The fourth-order valence-corrected chi connectivity index (χ4v) is 3.91. The van der Waals surface area contributed by atoms with Gasteiger partial charge in [0, 0.05) is 32.4 Å². The first-order chi connectivity index (χ1) is 13.7. The lowest BCUT2D eigenvalue weighted by Gasteiger charge is -2.32. The molecule has 0 unspecified atom stereocenters. The van der Waals surface area contributed by atoms with E-state index in [1.807, 2.05) is 41.9 Å². The maximum Gasteiger partial charge on any atom is 0.326 e. The van der Waals surface area contributed by atoms with E-state index in [2.05, 4.69) is 29.9 Å². The van der Waals surface area contributed by atoms with E-state index in [9.17, 15) is 4.79 Å². The van der Waals surface area contributed by atoms with Crippen LogP contribution in [0, 0.1) is 0 Å². The van der Waals surface area contributed by atoms with Gasteiger partial charge in [-0.1, -0.05) is 12.1 Å². The van der Waals surface area contributed by atoms with Crippen LogP contribution in [0.1, 0.15) is 18.9 Å². The molecule has 28 heavy (non-hydrogen) atoms. The predicted octanol–water partition coefficient (Wildman–Crippen LogP) is 1.76. The number of para-hydroxylation sites is 2. The molecule has 9 nitrogen and oxygen atoms in total. The molecule has 0 aliphatic carbocycles. The van der Waals surface area contributed by atoms with Crippen LogP contribution in [0.25, 0.3) is 22.6 Å². The molecule has 0 atom stereocenters. The van der Waals surface area contributed by atoms with Crippen LogP contribution in [0.2, 0.25) is 0 Å². The maximum absolute atomic E-state index is 12.5. The van der Waals surface area contributed by atoms with E-state index in [1.165, 1.54) is 6.33 Å². The number of aromatic amines is 1. The molecule has 0 amide bonds. The van der Waals surface area contributed by atoms with E-state index in [4.69, 9.17) is 0 Å². The number of fused-ring (bicyclic) bond motifs is 1. The van der Waals surface area contributed by atoms with Gasteiger partial charge in [0.2, 0.25) is 5.95 Å². The molecule has 1 N–H and O–H groups in total. The van der Waals surface area contributed by atoms with Crippen molar-refractivity contribution in [2.45, 2.75) is 18.9 Å². The maximum atomic E-state index is 12.5. The molecule has 1 saturated heterocycles. The van der Waals surface area contributed by atoms with Crippen molar-refractivity contribution in [1.29, 1.82) is 0 Å². The van der Waals surface area contributed by atoms with Gasteiger partial charge in [0.25, 0.3) is 0 Å². The van der Waals surface area contributed by atoms with Crippen molar-refractivity contribution in [3.05, 3.63) is 53.3 Å². The topological polar surface area (TPSA) is 97.5 Å². The highest BCUT2D eigenvalue weighted by atomic mass is 16.1. The molecule has 1 aliphatic heterocycles. The average molecular weight is 376 g/mol. The number of rotatable bonds is 3. The molecular formula is C19H20N8O. The monoisotopic (exact) mass is 376 g/mol. The SMILES string of the molecule is Cn1ncnc1-c1ccnc(N2CCC(n3c(=O)[nH]c4ccccc43)CC2)n1. The lowest BCUT2D eigenvalue weighted by atomic mass is 10.0. The number of imidazole rings is 1. The van der Waals surface area contributed by atoms with Gasteiger partial charge >= 0.3 is 5.69 Å². The molecule has 0 spiro atoms. The number of nitrogens with one attached hydrogen (secondary N) is 1. The number of H-pyrrole nitrogens is 1. The molecule has 5 rings (SSSR count). The van der Waals surface area contributed by atoms with Crippen LogP contribution in [0.5, 0.6) is 0 Å². The van der Waals surface area contributed by atoms with Gasteiger partial charge in [-0.05, 0) is 31.0 Å². The van der Waals surface area contributed by atoms with Gasteiger partial charge in [0.1, 0.15) is 12.0 Å². The second-order valence-corrected chi connectivity index (χ2v) is 6.98. The van der Waals surface area contributed by atoms with Gasteiger partial charge in [0.15, 0.2) is 5.82 Å². The van der Waals surface area contributed by atoms with Crippen molar-refractivity contribution < 1.29 is 0 Å². The molecule has 0 radical (unpaired) electrons. The molecule has 0 saturated carbocycles. The Morgan fingerprint density at radius 3 is 2.71 bits per heavy atom. The van der Waals surface area contributed by atoms with Crippen LogP contribution in [-0.2, 0) is 7.05 Å². The Hall–Kier alpha value is -3.49. The molecule has 3 aromatic heterocycles. The number of benzene rings is 1. The highest BCUT2D eigenvalue weighted by Crippen LogP contribution is 2.27. The summed E-state index contributed by atoms with van der Waals surface area (Å²) in [5, 5.41) is 4.10. The van der Waals surface area contributed by atoms with Crippen LogP contribution in [0.3, 0.4) is 0 Å². The number of aryl methyl sites for hydroxylation is 1. The van der Waals surface area contributed by atoms with E-state index < -0.39 is 0 Å². The quantitative estimate of drug-likeness (QED) is 0.585. The zero-order valence-corrected chi connectivity index (χ0v) is 15.5. The molecule has 9 heteroatoms. The first kappa shape index (κ1) is 16.7. The standard InChI is InChI=1S/C19H20N8O/c1-25-17(21-12-22-25)15-6-9-20-18(23-15)26-10-7-13(8-11-26)27-16-5-3-2-4-14(16)24-19(27)28/h2-6,9,12-13H,7-8,10-11H2,1H3,(H,24,28). The third kappa shape index (κ3) is 2.75. The van der Waals surface area contributed by atoms with Crippen molar-refractivity contribution in [2.75, 3.05) is 18.0 Å². The van der Waals surface area contributed by atoms with E-state index in [0.717, 1.165) is 42.7 Å². The van der Waals surface area contributed by atoms with Gasteiger partial charge in [-0.3, -0.25) is 4.57 Å². The van der Waals surface area contributed by atoms with Gasteiger partial charge in [-0.25, -0.2) is 24.4 Å².